The predicted octanol–water partition coefficient (Wildman–Crippen LogP) is 2.41. The minimum absolute atomic E-state index is 0. The normalized spacial score (nSPS) is 17.4. The van der Waals surface area contributed by atoms with Crippen LogP contribution in [-0.2, 0) is 22.6 Å². The Morgan fingerprint density at radius 2 is 2.04 bits per heavy atom. The summed E-state index contributed by atoms with van der Waals surface area (Å²) >= 11 is 0. The second kappa shape index (κ2) is 10.0. The van der Waals surface area contributed by atoms with Crippen LogP contribution in [0.5, 0.6) is 0 Å². The first kappa shape index (κ1) is 22.3. The van der Waals surface area contributed by atoms with Crippen molar-refractivity contribution in [2.75, 3.05) is 19.6 Å². The minimum atomic E-state index is -0.251. The topological polar surface area (TPSA) is 72.3 Å². The smallest absolute Gasteiger partial charge is 0.328 e. The zero-order valence-electron chi connectivity index (χ0n) is 17.0. The number of ether oxygens (including phenoxy) is 1. The molecule has 0 bridgehead atoms. The third-order valence-corrected chi connectivity index (χ3v) is 4.98. The first-order valence-electron chi connectivity index (χ1n) is 9.52. The number of rotatable bonds is 6. The van der Waals surface area contributed by atoms with E-state index in [9.17, 15) is 4.79 Å². The fourth-order valence-corrected chi connectivity index (χ4v) is 3.59. The molecule has 1 unspecified atom stereocenters. The first-order valence-corrected chi connectivity index (χ1v) is 9.52. The average Bonchev–Trinajstić information content (AvgIpc) is 2.89. The second-order valence-electron chi connectivity index (χ2n) is 7.32. The Balaban J connectivity index is 0.00000280. The van der Waals surface area contributed by atoms with Crippen LogP contribution in [0.2, 0.25) is 0 Å². The molecule has 3 heterocycles. The summed E-state index contributed by atoms with van der Waals surface area (Å²) in [5.74, 6) is -0.251. The van der Waals surface area contributed by atoms with Crippen LogP contribution in [0.4, 0.5) is 0 Å². The number of esters is 1. The number of aromatic nitrogens is 3. The number of hydrogen-bond donors (Lipinski definition) is 1. The van der Waals surface area contributed by atoms with Gasteiger partial charge in [0, 0.05) is 55.9 Å². The molecule has 2 aromatic heterocycles. The van der Waals surface area contributed by atoms with Crippen molar-refractivity contribution in [2.24, 2.45) is 0 Å². The highest BCUT2D eigenvalue weighted by Crippen LogP contribution is 2.26. The van der Waals surface area contributed by atoms with Crippen molar-refractivity contribution in [3.05, 3.63) is 47.0 Å². The van der Waals surface area contributed by atoms with Gasteiger partial charge in [0.05, 0.1) is 11.8 Å². The van der Waals surface area contributed by atoms with Crippen LogP contribution >= 0.6 is 12.4 Å². The van der Waals surface area contributed by atoms with Gasteiger partial charge in [0.15, 0.2) is 0 Å². The van der Waals surface area contributed by atoms with E-state index in [1.165, 1.54) is 11.1 Å². The van der Waals surface area contributed by atoms with Crippen molar-refractivity contribution in [1.82, 2.24) is 25.0 Å². The molecule has 1 N–H and O–H groups in total. The second-order valence-corrected chi connectivity index (χ2v) is 7.32. The van der Waals surface area contributed by atoms with Crippen molar-refractivity contribution in [2.45, 2.75) is 52.9 Å². The van der Waals surface area contributed by atoms with Gasteiger partial charge in [-0.1, -0.05) is 0 Å². The van der Waals surface area contributed by atoms with Gasteiger partial charge in [-0.15, -0.1) is 12.4 Å². The third kappa shape index (κ3) is 5.31. The molecule has 1 atom stereocenters. The molecule has 0 radical (unpaired) electrons. The number of carbonyl (C=O) groups is 1. The van der Waals surface area contributed by atoms with Gasteiger partial charge < -0.3 is 10.1 Å². The molecular formula is C20H30ClN5O2. The van der Waals surface area contributed by atoms with E-state index in [2.05, 4.69) is 32.4 Å². The van der Waals surface area contributed by atoms with E-state index >= 15 is 0 Å². The predicted molar refractivity (Wildman–Crippen MR) is 110 cm³/mol. The first-order chi connectivity index (χ1) is 13.0. The molecule has 1 saturated heterocycles. The fourth-order valence-electron chi connectivity index (χ4n) is 3.59. The molecule has 1 aliphatic heterocycles. The van der Waals surface area contributed by atoms with Gasteiger partial charge in [-0.05, 0) is 45.4 Å². The number of hydrogen-bond acceptors (Lipinski definition) is 6. The van der Waals surface area contributed by atoms with Crippen molar-refractivity contribution >= 4 is 18.4 Å². The fraction of sp³-hybridized carbons (Fsp3) is 0.550. The van der Waals surface area contributed by atoms with Gasteiger partial charge in [-0.3, -0.25) is 19.4 Å². The molecule has 0 aliphatic carbocycles. The molecule has 0 aromatic carbocycles. The Kier molecular flexibility index (Phi) is 7.98. The summed E-state index contributed by atoms with van der Waals surface area (Å²) < 4.78 is 7.02. The molecular weight excluding hydrogens is 378 g/mol. The summed E-state index contributed by atoms with van der Waals surface area (Å²) in [7, 11) is 0. The highest BCUT2D eigenvalue weighted by Gasteiger charge is 2.26. The Labute approximate surface area is 172 Å². The summed E-state index contributed by atoms with van der Waals surface area (Å²) in [5.41, 5.74) is 4.45. The van der Waals surface area contributed by atoms with E-state index in [0.29, 0.717) is 6.04 Å². The lowest BCUT2D eigenvalue weighted by molar-refractivity contribution is -0.148. The monoisotopic (exact) mass is 407 g/mol. The Bertz CT molecular complexity index is 778. The van der Waals surface area contributed by atoms with E-state index in [1.54, 1.807) is 4.68 Å². The maximum absolute atomic E-state index is 12.0. The molecule has 154 valence electrons. The minimum Gasteiger partial charge on any atom is -0.462 e. The number of piperazine rings is 1. The maximum Gasteiger partial charge on any atom is 0.328 e. The Morgan fingerprint density at radius 1 is 1.32 bits per heavy atom. The van der Waals surface area contributed by atoms with Crippen LogP contribution in [0.25, 0.3) is 0 Å². The number of nitrogens with zero attached hydrogens (tertiary/aromatic N) is 4. The quantitative estimate of drug-likeness (QED) is 0.741. The number of aryl methyl sites for hydroxylation is 1. The standard InChI is InChI=1S/C20H29N5O2.ClH/c1-14(2)27-20(26)13-25-16(4)18(15(3)23-25)12-24-10-9-22-11-19(24)17-5-7-21-8-6-17;/h5-8,14,19,22H,9-13H2,1-4H3;1H. The molecule has 8 heteroatoms. The van der Waals surface area contributed by atoms with Gasteiger partial charge in [-0.2, -0.15) is 5.10 Å². The summed E-state index contributed by atoms with van der Waals surface area (Å²) in [5, 5.41) is 8.07. The highest BCUT2D eigenvalue weighted by atomic mass is 35.5. The molecule has 0 amide bonds. The van der Waals surface area contributed by atoms with Crippen LogP contribution in [0.15, 0.2) is 24.5 Å². The molecule has 2 aromatic rings. The highest BCUT2D eigenvalue weighted by molar-refractivity contribution is 5.85. The van der Waals surface area contributed by atoms with E-state index < -0.39 is 0 Å². The molecule has 0 saturated carbocycles. The summed E-state index contributed by atoms with van der Waals surface area (Å²) in [4.78, 5) is 18.6. The number of halogens is 1. The lowest BCUT2D eigenvalue weighted by Gasteiger charge is -2.36. The van der Waals surface area contributed by atoms with E-state index in [1.807, 2.05) is 40.1 Å². The Morgan fingerprint density at radius 3 is 2.71 bits per heavy atom. The molecule has 7 nitrogen and oxygen atoms in total. The SMILES string of the molecule is Cc1nn(CC(=O)OC(C)C)c(C)c1CN1CCNCC1c1ccncc1.Cl. The van der Waals surface area contributed by atoms with Crippen LogP contribution in [-0.4, -0.2) is 51.4 Å². The van der Waals surface area contributed by atoms with Crippen LogP contribution in [0.3, 0.4) is 0 Å². The lowest BCUT2D eigenvalue weighted by Crippen LogP contribution is -2.45. The molecule has 1 aliphatic rings. The Hall–Kier alpha value is -1.96. The van der Waals surface area contributed by atoms with E-state index in [-0.39, 0.29) is 31.0 Å². The van der Waals surface area contributed by atoms with Crippen molar-refractivity contribution in [1.29, 1.82) is 0 Å². The van der Waals surface area contributed by atoms with Crippen LogP contribution in [0.1, 0.15) is 42.4 Å². The van der Waals surface area contributed by atoms with Crippen molar-refractivity contribution in [3.63, 3.8) is 0 Å². The zero-order valence-corrected chi connectivity index (χ0v) is 17.8. The summed E-state index contributed by atoms with van der Waals surface area (Å²) in [6.07, 6.45) is 3.57. The largest absolute Gasteiger partial charge is 0.462 e. The van der Waals surface area contributed by atoms with Crippen molar-refractivity contribution in [3.8, 4) is 0 Å². The third-order valence-electron chi connectivity index (χ3n) is 4.98. The molecule has 28 heavy (non-hydrogen) atoms. The number of carbonyl (C=O) groups excluding carboxylic acids is 1. The van der Waals surface area contributed by atoms with Gasteiger partial charge in [0.2, 0.25) is 0 Å². The van der Waals surface area contributed by atoms with E-state index in [4.69, 9.17) is 4.74 Å². The summed E-state index contributed by atoms with van der Waals surface area (Å²) in [6, 6.07) is 4.46. The molecule has 0 spiro atoms. The average molecular weight is 408 g/mol. The maximum atomic E-state index is 12.0. The molecule has 1 fully saturated rings. The number of nitrogens with one attached hydrogen (secondary N) is 1. The lowest BCUT2D eigenvalue weighted by atomic mass is 10.0. The van der Waals surface area contributed by atoms with Gasteiger partial charge in [0.25, 0.3) is 0 Å². The number of pyridine rings is 1. The zero-order chi connectivity index (χ0) is 19.4. The van der Waals surface area contributed by atoms with Gasteiger partial charge in [0.1, 0.15) is 6.54 Å². The van der Waals surface area contributed by atoms with Gasteiger partial charge in [-0.25, -0.2) is 0 Å². The van der Waals surface area contributed by atoms with Crippen LogP contribution < -0.4 is 5.32 Å². The molecule has 3 rings (SSSR count). The van der Waals surface area contributed by atoms with E-state index in [0.717, 1.165) is 37.6 Å². The van der Waals surface area contributed by atoms with Crippen molar-refractivity contribution < 1.29 is 9.53 Å². The van der Waals surface area contributed by atoms with Gasteiger partial charge >= 0.3 is 5.97 Å². The van der Waals surface area contributed by atoms with Crippen LogP contribution in [0, 0.1) is 13.8 Å². The summed E-state index contributed by atoms with van der Waals surface area (Å²) in [6.45, 7) is 11.6.